The van der Waals surface area contributed by atoms with Crippen LogP contribution in [0.3, 0.4) is 0 Å². The molecule has 1 saturated heterocycles. The average molecular weight is 446 g/mol. The molecule has 1 fully saturated rings. The van der Waals surface area contributed by atoms with Crippen molar-refractivity contribution in [3.8, 4) is 11.1 Å². The summed E-state index contributed by atoms with van der Waals surface area (Å²) in [5.41, 5.74) is 1.99. The Morgan fingerprint density at radius 1 is 1.04 bits per heavy atom. The van der Waals surface area contributed by atoms with E-state index in [1.54, 1.807) is 6.92 Å². The molecule has 3 rings (SSSR count). The predicted octanol–water partition coefficient (Wildman–Crippen LogP) is 5.27. The van der Waals surface area contributed by atoms with E-state index in [-0.39, 0.29) is 5.92 Å². The van der Waals surface area contributed by atoms with E-state index in [1.807, 2.05) is 31.2 Å². The van der Waals surface area contributed by atoms with E-state index in [0.29, 0.717) is 11.8 Å². The van der Waals surface area contributed by atoms with Gasteiger partial charge in [0, 0.05) is 23.5 Å². The minimum absolute atomic E-state index is 0.227. The first-order chi connectivity index (χ1) is 13.2. The van der Waals surface area contributed by atoms with Gasteiger partial charge in [-0.1, -0.05) is 73.1 Å². The van der Waals surface area contributed by atoms with E-state index in [0.717, 1.165) is 34.3 Å². The van der Waals surface area contributed by atoms with E-state index in [2.05, 4.69) is 58.9 Å². The van der Waals surface area contributed by atoms with Gasteiger partial charge in [-0.2, -0.15) is 0 Å². The molecular formula is C24H32BrNO2. The monoisotopic (exact) mass is 445 g/mol. The summed E-state index contributed by atoms with van der Waals surface area (Å²) in [6.45, 7) is 9.86. The van der Waals surface area contributed by atoms with Crippen molar-refractivity contribution in [1.82, 2.24) is 4.90 Å². The molecule has 0 spiro atoms. The molecule has 0 amide bonds. The lowest BCUT2D eigenvalue weighted by Crippen LogP contribution is -2.57. The minimum Gasteiger partial charge on any atom is -0.385 e. The van der Waals surface area contributed by atoms with E-state index in [1.165, 1.54) is 6.42 Å². The molecule has 152 valence electrons. The van der Waals surface area contributed by atoms with Gasteiger partial charge in [-0.25, -0.2) is 0 Å². The van der Waals surface area contributed by atoms with Crippen LogP contribution in [-0.4, -0.2) is 40.0 Å². The van der Waals surface area contributed by atoms with Crippen LogP contribution in [0, 0.1) is 11.8 Å². The summed E-state index contributed by atoms with van der Waals surface area (Å²) in [6.07, 6.45) is 0.276. The molecule has 0 aromatic heterocycles. The number of hydrogen-bond acceptors (Lipinski definition) is 3. The van der Waals surface area contributed by atoms with Gasteiger partial charge in [0.25, 0.3) is 0 Å². The van der Waals surface area contributed by atoms with Crippen LogP contribution >= 0.6 is 15.9 Å². The molecule has 2 N–H and O–H groups in total. The number of benzene rings is 2. The molecule has 2 aromatic carbocycles. The van der Waals surface area contributed by atoms with Crippen molar-refractivity contribution >= 4 is 15.9 Å². The largest absolute Gasteiger partial charge is 0.385 e. The fourth-order valence-electron chi connectivity index (χ4n) is 4.59. The predicted molar refractivity (Wildman–Crippen MR) is 119 cm³/mol. The Kier molecular flexibility index (Phi) is 6.65. The Balaban J connectivity index is 1.90. The molecule has 1 heterocycles. The summed E-state index contributed by atoms with van der Waals surface area (Å²) in [5, 5.41) is 22.6. The molecule has 4 heteroatoms. The van der Waals surface area contributed by atoms with Crippen LogP contribution in [0.25, 0.3) is 11.1 Å². The van der Waals surface area contributed by atoms with Gasteiger partial charge in [-0.05, 0) is 54.0 Å². The highest BCUT2D eigenvalue weighted by molar-refractivity contribution is 9.10. The molecule has 0 bridgehead atoms. The number of hydrogen-bond donors (Lipinski definition) is 2. The summed E-state index contributed by atoms with van der Waals surface area (Å²) in [4.78, 5) is 2.05. The van der Waals surface area contributed by atoms with E-state index in [4.69, 9.17) is 0 Å². The third-order valence-electron chi connectivity index (χ3n) is 6.22. The highest BCUT2D eigenvalue weighted by Gasteiger charge is 2.42. The minimum atomic E-state index is -1.26. The molecule has 2 aromatic rings. The number of rotatable bonds is 5. The quantitative estimate of drug-likeness (QED) is 0.658. The first kappa shape index (κ1) is 21.5. The summed E-state index contributed by atoms with van der Waals surface area (Å²) in [6, 6.07) is 16.4. The van der Waals surface area contributed by atoms with Crippen LogP contribution < -0.4 is 0 Å². The van der Waals surface area contributed by atoms with Gasteiger partial charge in [-0.15, -0.1) is 0 Å². The van der Waals surface area contributed by atoms with E-state index in [9.17, 15) is 10.2 Å². The molecule has 1 aliphatic heterocycles. The lowest BCUT2D eigenvalue weighted by atomic mass is 9.79. The Morgan fingerprint density at radius 3 is 2.21 bits per heavy atom. The van der Waals surface area contributed by atoms with Gasteiger partial charge >= 0.3 is 0 Å². The van der Waals surface area contributed by atoms with Crippen molar-refractivity contribution in [3.05, 3.63) is 58.6 Å². The fourth-order valence-corrected chi connectivity index (χ4v) is 4.85. The zero-order chi connectivity index (χ0) is 20.5. The number of likely N-dealkylation sites (tertiary alicyclic amines) is 1. The van der Waals surface area contributed by atoms with Crippen molar-refractivity contribution in [2.75, 3.05) is 13.1 Å². The number of piperidine rings is 1. The Labute approximate surface area is 177 Å². The van der Waals surface area contributed by atoms with Crippen molar-refractivity contribution in [3.63, 3.8) is 0 Å². The van der Waals surface area contributed by atoms with Crippen LogP contribution in [0.5, 0.6) is 0 Å². The van der Waals surface area contributed by atoms with E-state index < -0.39 is 11.8 Å². The summed E-state index contributed by atoms with van der Waals surface area (Å²) in [5.74, 6) is 0.828. The van der Waals surface area contributed by atoms with Crippen LogP contribution in [0.15, 0.2) is 53.0 Å². The number of aliphatic hydroxyl groups is 2. The molecule has 0 aliphatic carbocycles. The lowest BCUT2D eigenvalue weighted by molar-refractivity contribution is -0.162. The second kappa shape index (κ2) is 8.66. The average Bonchev–Trinajstić information content (AvgIpc) is 2.66. The topological polar surface area (TPSA) is 43.7 Å². The van der Waals surface area contributed by atoms with Crippen molar-refractivity contribution in [2.24, 2.45) is 11.8 Å². The van der Waals surface area contributed by atoms with Gasteiger partial charge in [0.2, 0.25) is 0 Å². The highest BCUT2D eigenvalue weighted by Crippen LogP contribution is 2.38. The Morgan fingerprint density at radius 2 is 1.61 bits per heavy atom. The van der Waals surface area contributed by atoms with Gasteiger partial charge in [0.15, 0.2) is 0 Å². The standard InChI is InChI=1S/C24H32BrNO2/c1-16-13-17(2)15-26(14-16)23(27)24(4,28)18(3)21-7-5-6-8-22(21)19-9-11-20(25)12-10-19/h5-12,16-18,23,27-28H,13-15H2,1-4H3. The SMILES string of the molecule is CC1CC(C)CN(C(O)C(C)(O)C(C)c2ccccc2-c2ccc(Br)cc2)C1. The van der Waals surface area contributed by atoms with Gasteiger partial charge < -0.3 is 10.2 Å². The van der Waals surface area contributed by atoms with Crippen molar-refractivity contribution < 1.29 is 10.2 Å². The second-order valence-electron chi connectivity index (χ2n) is 8.82. The number of halogens is 1. The number of nitrogens with zero attached hydrogens (tertiary/aromatic N) is 1. The second-order valence-corrected chi connectivity index (χ2v) is 9.73. The fraction of sp³-hybridized carbons (Fsp3) is 0.500. The van der Waals surface area contributed by atoms with Crippen LogP contribution in [0.4, 0.5) is 0 Å². The Hall–Kier alpha value is -1.20. The molecular weight excluding hydrogens is 414 g/mol. The van der Waals surface area contributed by atoms with Gasteiger partial charge in [-0.3, -0.25) is 4.90 Å². The Bertz CT molecular complexity index is 779. The molecule has 3 nitrogen and oxygen atoms in total. The van der Waals surface area contributed by atoms with Crippen molar-refractivity contribution in [2.45, 2.75) is 51.9 Å². The summed E-state index contributed by atoms with van der Waals surface area (Å²) in [7, 11) is 0. The molecule has 5 atom stereocenters. The van der Waals surface area contributed by atoms with Crippen LogP contribution in [-0.2, 0) is 0 Å². The van der Waals surface area contributed by atoms with Crippen molar-refractivity contribution in [1.29, 1.82) is 0 Å². The maximum absolute atomic E-state index is 11.4. The maximum atomic E-state index is 11.4. The van der Waals surface area contributed by atoms with E-state index >= 15 is 0 Å². The molecule has 5 unspecified atom stereocenters. The molecule has 0 saturated carbocycles. The summed E-state index contributed by atoms with van der Waals surface area (Å²) >= 11 is 3.49. The zero-order valence-electron chi connectivity index (χ0n) is 17.3. The zero-order valence-corrected chi connectivity index (χ0v) is 18.9. The lowest BCUT2D eigenvalue weighted by Gasteiger charge is -2.45. The molecule has 1 aliphatic rings. The third kappa shape index (κ3) is 4.51. The molecule has 28 heavy (non-hydrogen) atoms. The maximum Gasteiger partial charge on any atom is 0.136 e. The van der Waals surface area contributed by atoms with Crippen LogP contribution in [0.2, 0.25) is 0 Å². The first-order valence-corrected chi connectivity index (χ1v) is 11.0. The summed E-state index contributed by atoms with van der Waals surface area (Å²) < 4.78 is 1.04. The normalized spacial score (nSPS) is 25.1. The van der Waals surface area contributed by atoms with Crippen LogP contribution in [0.1, 0.15) is 45.6 Å². The highest BCUT2D eigenvalue weighted by atomic mass is 79.9. The molecule has 0 radical (unpaired) electrons. The van der Waals surface area contributed by atoms with Gasteiger partial charge in [0.05, 0.1) is 0 Å². The third-order valence-corrected chi connectivity index (χ3v) is 6.75. The first-order valence-electron chi connectivity index (χ1n) is 10.2. The van der Waals surface area contributed by atoms with Gasteiger partial charge in [0.1, 0.15) is 11.8 Å². The smallest absolute Gasteiger partial charge is 0.136 e. The number of aliphatic hydroxyl groups excluding tert-OH is 1.